The van der Waals surface area contributed by atoms with Gasteiger partial charge >= 0.3 is 0 Å². The van der Waals surface area contributed by atoms with Gasteiger partial charge in [-0.2, -0.15) is 0 Å². The van der Waals surface area contributed by atoms with E-state index in [9.17, 15) is 0 Å². The van der Waals surface area contributed by atoms with Crippen molar-refractivity contribution in [1.29, 1.82) is 0 Å². The minimum absolute atomic E-state index is 0.146. The van der Waals surface area contributed by atoms with Crippen molar-refractivity contribution in [2.24, 2.45) is 0 Å². The number of hydrogen-bond acceptors (Lipinski definition) is 3. The molecule has 0 spiro atoms. The van der Waals surface area contributed by atoms with Crippen molar-refractivity contribution < 1.29 is 0 Å². The Morgan fingerprint density at radius 3 is 2.00 bits per heavy atom. The van der Waals surface area contributed by atoms with E-state index in [1.165, 1.54) is 0 Å². The summed E-state index contributed by atoms with van der Waals surface area (Å²) >= 11 is 2.21. The van der Waals surface area contributed by atoms with Crippen LogP contribution in [0.25, 0.3) is 0 Å². The highest BCUT2D eigenvalue weighted by Gasteiger charge is 2.24. The molecule has 1 aromatic heterocycles. The Morgan fingerprint density at radius 2 is 1.60 bits per heavy atom. The van der Waals surface area contributed by atoms with Gasteiger partial charge in [0.1, 0.15) is 0 Å². The molecule has 84 valence electrons. The van der Waals surface area contributed by atoms with Gasteiger partial charge in [0.05, 0.1) is 0 Å². The van der Waals surface area contributed by atoms with E-state index in [2.05, 4.69) is 58.6 Å². The quantitative estimate of drug-likeness (QED) is 0.845. The average molecular weight is 319 g/mol. The number of aromatic nitrogens is 2. The van der Waals surface area contributed by atoms with Crippen LogP contribution in [0.3, 0.4) is 0 Å². The molecule has 0 aromatic carbocycles. The lowest BCUT2D eigenvalue weighted by molar-refractivity contribution is 0.417. The molecular formula is C11H18IN3. The molecule has 0 aliphatic heterocycles. The van der Waals surface area contributed by atoms with Crippen molar-refractivity contribution in [2.75, 3.05) is 5.32 Å². The Bertz CT molecular complexity index is 285. The van der Waals surface area contributed by atoms with E-state index in [-0.39, 0.29) is 5.54 Å². The molecule has 0 fully saturated rings. The molecular weight excluding hydrogens is 301 g/mol. The molecule has 0 atom stereocenters. The van der Waals surface area contributed by atoms with Crippen LogP contribution in [0, 0.1) is 3.57 Å². The minimum Gasteiger partial charge on any atom is -0.349 e. The van der Waals surface area contributed by atoms with E-state index in [4.69, 9.17) is 0 Å². The zero-order chi connectivity index (χ0) is 11.3. The molecule has 3 nitrogen and oxygen atoms in total. The fraction of sp³-hybridized carbons (Fsp3) is 0.636. The second kappa shape index (κ2) is 5.63. The van der Waals surface area contributed by atoms with E-state index >= 15 is 0 Å². The maximum atomic E-state index is 4.28. The number of anilines is 1. The number of hydrogen-bond donors (Lipinski definition) is 1. The predicted molar refractivity (Wildman–Crippen MR) is 72.0 cm³/mol. The number of rotatable bonds is 5. The van der Waals surface area contributed by atoms with Crippen molar-refractivity contribution >= 4 is 28.5 Å². The second-order valence-electron chi connectivity index (χ2n) is 3.69. The van der Waals surface area contributed by atoms with E-state index in [0.29, 0.717) is 0 Å². The van der Waals surface area contributed by atoms with E-state index in [0.717, 1.165) is 28.8 Å². The Labute approximate surface area is 105 Å². The lowest BCUT2D eigenvalue weighted by Crippen LogP contribution is -2.36. The predicted octanol–water partition coefficient (Wildman–Crippen LogP) is 3.46. The van der Waals surface area contributed by atoms with E-state index in [1.807, 2.05) is 12.4 Å². The van der Waals surface area contributed by atoms with Gasteiger partial charge in [-0.3, -0.25) is 0 Å². The maximum Gasteiger partial charge on any atom is 0.223 e. The molecule has 1 aromatic rings. The maximum absolute atomic E-state index is 4.28. The fourth-order valence-electron chi connectivity index (χ4n) is 1.63. The monoisotopic (exact) mass is 319 g/mol. The van der Waals surface area contributed by atoms with Crippen molar-refractivity contribution in [2.45, 2.75) is 45.6 Å². The molecule has 0 amide bonds. The summed E-state index contributed by atoms with van der Waals surface area (Å²) in [5.41, 5.74) is 0.146. The van der Waals surface area contributed by atoms with Crippen LogP contribution in [-0.4, -0.2) is 15.5 Å². The first kappa shape index (κ1) is 12.7. The normalized spacial score (nSPS) is 11.5. The topological polar surface area (TPSA) is 37.8 Å². The van der Waals surface area contributed by atoms with Crippen LogP contribution < -0.4 is 5.32 Å². The zero-order valence-corrected chi connectivity index (χ0v) is 11.7. The van der Waals surface area contributed by atoms with Gasteiger partial charge in [-0.25, -0.2) is 9.97 Å². The Morgan fingerprint density at radius 1 is 1.13 bits per heavy atom. The van der Waals surface area contributed by atoms with Gasteiger partial charge in [0.2, 0.25) is 5.95 Å². The second-order valence-corrected chi connectivity index (χ2v) is 4.94. The smallest absolute Gasteiger partial charge is 0.223 e. The zero-order valence-electron chi connectivity index (χ0n) is 9.55. The summed E-state index contributed by atoms with van der Waals surface area (Å²) in [6.45, 7) is 6.60. The van der Waals surface area contributed by atoms with Gasteiger partial charge in [0.15, 0.2) is 0 Å². The molecule has 0 saturated carbocycles. The number of nitrogens with one attached hydrogen (secondary N) is 1. The van der Waals surface area contributed by atoms with E-state index in [1.54, 1.807) is 0 Å². The highest BCUT2D eigenvalue weighted by Crippen LogP contribution is 2.23. The van der Waals surface area contributed by atoms with Crippen molar-refractivity contribution in [3.8, 4) is 0 Å². The molecule has 0 radical (unpaired) electrons. The Kier molecular flexibility index (Phi) is 4.76. The first-order valence-electron chi connectivity index (χ1n) is 5.41. The highest BCUT2D eigenvalue weighted by molar-refractivity contribution is 14.1. The standard InChI is InChI=1S/C11H18IN3/c1-4-11(5-2,6-3)15-10-13-7-9(12)8-14-10/h7-8H,4-6H2,1-3H3,(H,13,14,15). The molecule has 1 N–H and O–H groups in total. The van der Waals surface area contributed by atoms with Gasteiger partial charge < -0.3 is 5.32 Å². The molecule has 0 unspecified atom stereocenters. The highest BCUT2D eigenvalue weighted by atomic mass is 127. The Balaban J connectivity index is 2.78. The summed E-state index contributed by atoms with van der Waals surface area (Å²) in [6.07, 6.45) is 6.95. The summed E-state index contributed by atoms with van der Waals surface area (Å²) in [5, 5.41) is 3.44. The third kappa shape index (κ3) is 3.29. The molecule has 15 heavy (non-hydrogen) atoms. The van der Waals surface area contributed by atoms with Gasteiger partial charge in [0.25, 0.3) is 0 Å². The van der Waals surface area contributed by atoms with E-state index < -0.39 is 0 Å². The lowest BCUT2D eigenvalue weighted by Gasteiger charge is -2.31. The van der Waals surface area contributed by atoms with Crippen LogP contribution in [0.15, 0.2) is 12.4 Å². The minimum atomic E-state index is 0.146. The van der Waals surface area contributed by atoms with Crippen LogP contribution >= 0.6 is 22.6 Å². The van der Waals surface area contributed by atoms with Crippen molar-refractivity contribution in [3.63, 3.8) is 0 Å². The number of halogens is 1. The van der Waals surface area contributed by atoms with Crippen LogP contribution in [-0.2, 0) is 0 Å². The molecule has 4 heteroatoms. The summed E-state index contributed by atoms with van der Waals surface area (Å²) in [6, 6.07) is 0. The van der Waals surface area contributed by atoms with Crippen LogP contribution in [0.4, 0.5) is 5.95 Å². The van der Waals surface area contributed by atoms with Crippen molar-refractivity contribution in [1.82, 2.24) is 9.97 Å². The molecule has 0 bridgehead atoms. The van der Waals surface area contributed by atoms with Crippen LogP contribution in [0.2, 0.25) is 0 Å². The molecule has 0 aliphatic carbocycles. The molecule has 1 rings (SSSR count). The average Bonchev–Trinajstić information content (AvgIpc) is 2.29. The fourth-order valence-corrected chi connectivity index (χ4v) is 1.91. The van der Waals surface area contributed by atoms with Crippen LogP contribution in [0.1, 0.15) is 40.0 Å². The molecule has 1 heterocycles. The van der Waals surface area contributed by atoms with Crippen LogP contribution in [0.5, 0.6) is 0 Å². The first-order chi connectivity index (χ1) is 7.15. The summed E-state index contributed by atoms with van der Waals surface area (Å²) in [4.78, 5) is 8.55. The first-order valence-corrected chi connectivity index (χ1v) is 6.49. The lowest BCUT2D eigenvalue weighted by atomic mass is 9.90. The summed E-state index contributed by atoms with van der Waals surface area (Å²) in [7, 11) is 0. The SMILES string of the molecule is CCC(CC)(CC)Nc1ncc(I)cn1. The summed E-state index contributed by atoms with van der Waals surface area (Å²) in [5.74, 6) is 0.737. The Hall–Kier alpha value is -0.390. The van der Waals surface area contributed by atoms with Gasteiger partial charge in [0, 0.05) is 21.5 Å². The van der Waals surface area contributed by atoms with Crippen molar-refractivity contribution in [3.05, 3.63) is 16.0 Å². The van der Waals surface area contributed by atoms with Gasteiger partial charge in [-0.05, 0) is 41.9 Å². The molecule has 0 aliphatic rings. The van der Waals surface area contributed by atoms with Gasteiger partial charge in [-0.1, -0.05) is 20.8 Å². The third-order valence-electron chi connectivity index (χ3n) is 3.03. The largest absolute Gasteiger partial charge is 0.349 e. The number of nitrogens with zero attached hydrogens (tertiary/aromatic N) is 2. The third-order valence-corrected chi connectivity index (χ3v) is 3.58. The summed E-state index contributed by atoms with van der Waals surface area (Å²) < 4.78 is 1.06. The van der Waals surface area contributed by atoms with Gasteiger partial charge in [-0.15, -0.1) is 0 Å². The molecule has 0 saturated heterocycles.